The van der Waals surface area contributed by atoms with Gasteiger partial charge >= 0.3 is 0 Å². The molecule has 4 aromatic rings. The molecule has 0 unspecified atom stereocenters. The maximum atomic E-state index is 12.2. The molecule has 0 atom stereocenters. The number of nitrogens with one attached hydrogen (secondary N) is 1. The molecule has 1 heterocycles. The standard InChI is InChI=1S/C27H26N2O2S/c1-18-4-8-22(9-5-18)25-17-32-27(29-25)23-10-6-21(7-11-23)15-28-26(30)16-31-24-13-19(2)12-20(3)14-24/h4-14,17H,15-16H2,1-3H3,(H,28,30). The molecule has 1 amide bonds. The van der Waals surface area contributed by atoms with Crippen LogP contribution in [0.2, 0.25) is 0 Å². The number of thiazole rings is 1. The first kappa shape index (κ1) is 21.8. The van der Waals surface area contributed by atoms with E-state index in [4.69, 9.17) is 9.72 Å². The third-order valence-electron chi connectivity index (χ3n) is 5.11. The third kappa shape index (κ3) is 5.62. The first-order chi connectivity index (χ1) is 15.5. The van der Waals surface area contributed by atoms with E-state index in [1.165, 1.54) is 5.56 Å². The molecule has 0 aliphatic carbocycles. The molecule has 0 radical (unpaired) electrons. The van der Waals surface area contributed by atoms with E-state index in [9.17, 15) is 4.79 Å². The minimum Gasteiger partial charge on any atom is -0.484 e. The highest BCUT2D eigenvalue weighted by Crippen LogP contribution is 2.29. The van der Waals surface area contributed by atoms with E-state index in [0.29, 0.717) is 6.54 Å². The Balaban J connectivity index is 1.31. The summed E-state index contributed by atoms with van der Waals surface area (Å²) in [6.07, 6.45) is 0. The number of benzene rings is 3. The fourth-order valence-corrected chi connectivity index (χ4v) is 4.28. The van der Waals surface area contributed by atoms with Crippen molar-refractivity contribution < 1.29 is 9.53 Å². The number of nitrogens with zero attached hydrogens (tertiary/aromatic N) is 1. The molecule has 4 nitrogen and oxygen atoms in total. The zero-order chi connectivity index (χ0) is 22.5. The van der Waals surface area contributed by atoms with Gasteiger partial charge in [-0.25, -0.2) is 4.98 Å². The van der Waals surface area contributed by atoms with E-state index < -0.39 is 0 Å². The quantitative estimate of drug-likeness (QED) is 0.376. The van der Waals surface area contributed by atoms with Crippen molar-refractivity contribution in [1.82, 2.24) is 10.3 Å². The molecule has 0 aliphatic rings. The van der Waals surface area contributed by atoms with Crippen LogP contribution >= 0.6 is 11.3 Å². The van der Waals surface area contributed by atoms with Crippen molar-refractivity contribution in [3.63, 3.8) is 0 Å². The zero-order valence-corrected chi connectivity index (χ0v) is 19.3. The summed E-state index contributed by atoms with van der Waals surface area (Å²) in [7, 11) is 0. The summed E-state index contributed by atoms with van der Waals surface area (Å²) in [6.45, 7) is 6.57. The van der Waals surface area contributed by atoms with Gasteiger partial charge in [-0.15, -0.1) is 11.3 Å². The van der Waals surface area contributed by atoms with Crippen molar-refractivity contribution in [3.8, 4) is 27.6 Å². The molecule has 1 N–H and O–H groups in total. The lowest BCUT2D eigenvalue weighted by molar-refractivity contribution is -0.123. The molecule has 0 aliphatic heterocycles. The highest BCUT2D eigenvalue weighted by molar-refractivity contribution is 7.13. The van der Waals surface area contributed by atoms with Crippen molar-refractivity contribution >= 4 is 17.2 Å². The molecule has 0 bridgehead atoms. The van der Waals surface area contributed by atoms with Gasteiger partial charge in [0.15, 0.2) is 6.61 Å². The number of hydrogen-bond acceptors (Lipinski definition) is 4. The van der Waals surface area contributed by atoms with Gasteiger partial charge in [0.05, 0.1) is 5.69 Å². The fraction of sp³-hybridized carbons (Fsp3) is 0.185. The summed E-state index contributed by atoms with van der Waals surface area (Å²) in [6, 6.07) is 22.5. The van der Waals surface area contributed by atoms with Crippen LogP contribution in [0.15, 0.2) is 72.1 Å². The van der Waals surface area contributed by atoms with E-state index in [0.717, 1.165) is 44.3 Å². The zero-order valence-electron chi connectivity index (χ0n) is 18.5. The summed E-state index contributed by atoms with van der Waals surface area (Å²) >= 11 is 1.63. The normalized spacial score (nSPS) is 10.7. The van der Waals surface area contributed by atoms with Crippen molar-refractivity contribution in [3.05, 3.63) is 94.4 Å². The minimum absolute atomic E-state index is 0.00186. The van der Waals surface area contributed by atoms with E-state index in [-0.39, 0.29) is 12.5 Å². The molecular weight excluding hydrogens is 416 g/mol. The van der Waals surface area contributed by atoms with E-state index >= 15 is 0 Å². The smallest absolute Gasteiger partial charge is 0.258 e. The summed E-state index contributed by atoms with van der Waals surface area (Å²) in [5.74, 6) is 0.575. The number of carbonyl (C=O) groups excluding carboxylic acids is 1. The average Bonchev–Trinajstić information content (AvgIpc) is 3.27. The van der Waals surface area contributed by atoms with E-state index in [1.54, 1.807) is 11.3 Å². The van der Waals surface area contributed by atoms with Crippen LogP contribution in [-0.4, -0.2) is 17.5 Å². The summed E-state index contributed by atoms with van der Waals surface area (Å²) in [5.41, 5.74) is 7.69. The van der Waals surface area contributed by atoms with E-state index in [1.807, 2.05) is 50.2 Å². The molecule has 0 saturated heterocycles. The molecule has 32 heavy (non-hydrogen) atoms. The molecule has 0 spiro atoms. The molecule has 5 heteroatoms. The number of ether oxygens (including phenoxy) is 1. The van der Waals surface area contributed by atoms with Gasteiger partial charge in [0.2, 0.25) is 0 Å². The van der Waals surface area contributed by atoms with Gasteiger partial charge in [-0.3, -0.25) is 4.79 Å². The molecule has 0 saturated carbocycles. The molecule has 3 aromatic carbocycles. The van der Waals surface area contributed by atoms with Crippen molar-refractivity contribution in [2.75, 3.05) is 6.61 Å². The number of hydrogen-bond donors (Lipinski definition) is 1. The Kier molecular flexibility index (Phi) is 6.66. The number of carbonyl (C=O) groups is 1. The number of aromatic nitrogens is 1. The maximum absolute atomic E-state index is 12.2. The Hall–Kier alpha value is -3.44. The van der Waals surface area contributed by atoms with Crippen molar-refractivity contribution in [2.24, 2.45) is 0 Å². The molecular formula is C27H26N2O2S. The van der Waals surface area contributed by atoms with Crippen LogP contribution in [0.4, 0.5) is 0 Å². The van der Waals surface area contributed by atoms with Gasteiger partial charge in [-0.05, 0) is 49.6 Å². The van der Waals surface area contributed by atoms with Gasteiger partial charge in [-0.2, -0.15) is 0 Å². The fourth-order valence-electron chi connectivity index (χ4n) is 3.45. The van der Waals surface area contributed by atoms with Gasteiger partial charge in [0.25, 0.3) is 5.91 Å². The predicted octanol–water partition coefficient (Wildman–Crippen LogP) is 6.10. The second-order valence-electron chi connectivity index (χ2n) is 7.99. The highest BCUT2D eigenvalue weighted by Gasteiger charge is 2.08. The number of aryl methyl sites for hydroxylation is 3. The Bertz CT molecular complexity index is 1190. The predicted molar refractivity (Wildman–Crippen MR) is 131 cm³/mol. The van der Waals surface area contributed by atoms with E-state index in [2.05, 4.69) is 48.0 Å². The lowest BCUT2D eigenvalue weighted by Gasteiger charge is -2.09. The largest absolute Gasteiger partial charge is 0.484 e. The Morgan fingerprint density at radius 3 is 2.22 bits per heavy atom. The topological polar surface area (TPSA) is 51.2 Å². The van der Waals surface area contributed by atoms with Crippen LogP contribution in [0, 0.1) is 20.8 Å². The van der Waals surface area contributed by atoms with Crippen LogP contribution in [0.5, 0.6) is 5.75 Å². The molecule has 162 valence electrons. The lowest BCUT2D eigenvalue weighted by atomic mass is 10.1. The van der Waals surface area contributed by atoms with Crippen molar-refractivity contribution in [1.29, 1.82) is 0 Å². The minimum atomic E-state index is -0.143. The van der Waals surface area contributed by atoms with Gasteiger partial charge in [0, 0.05) is 23.1 Å². The van der Waals surface area contributed by atoms with Crippen LogP contribution in [0.1, 0.15) is 22.3 Å². The van der Waals surface area contributed by atoms with Crippen LogP contribution in [-0.2, 0) is 11.3 Å². The SMILES string of the molecule is Cc1ccc(-c2csc(-c3ccc(CNC(=O)COc4cc(C)cc(C)c4)cc3)n2)cc1. The number of rotatable bonds is 7. The van der Waals surface area contributed by atoms with Gasteiger partial charge in [0.1, 0.15) is 10.8 Å². The maximum Gasteiger partial charge on any atom is 0.258 e. The van der Waals surface area contributed by atoms with Gasteiger partial charge < -0.3 is 10.1 Å². The summed E-state index contributed by atoms with van der Waals surface area (Å²) < 4.78 is 5.62. The third-order valence-corrected chi connectivity index (χ3v) is 6.00. The van der Waals surface area contributed by atoms with Crippen LogP contribution in [0.25, 0.3) is 21.8 Å². The monoisotopic (exact) mass is 442 g/mol. The number of amides is 1. The first-order valence-electron chi connectivity index (χ1n) is 10.6. The molecule has 1 aromatic heterocycles. The van der Waals surface area contributed by atoms with Gasteiger partial charge in [-0.1, -0.05) is 60.2 Å². The second-order valence-corrected chi connectivity index (χ2v) is 8.85. The Labute approximate surface area is 192 Å². The summed E-state index contributed by atoms with van der Waals surface area (Å²) in [4.78, 5) is 16.9. The average molecular weight is 443 g/mol. The summed E-state index contributed by atoms with van der Waals surface area (Å²) in [5, 5.41) is 5.98. The van der Waals surface area contributed by atoms with Crippen LogP contribution < -0.4 is 10.1 Å². The lowest BCUT2D eigenvalue weighted by Crippen LogP contribution is -2.28. The van der Waals surface area contributed by atoms with Crippen LogP contribution in [0.3, 0.4) is 0 Å². The molecule has 0 fully saturated rings. The van der Waals surface area contributed by atoms with Crippen molar-refractivity contribution in [2.45, 2.75) is 27.3 Å². The first-order valence-corrected chi connectivity index (χ1v) is 11.4. The Morgan fingerprint density at radius 1 is 0.875 bits per heavy atom. The molecule has 4 rings (SSSR count). The highest BCUT2D eigenvalue weighted by atomic mass is 32.1. The Morgan fingerprint density at radius 2 is 1.53 bits per heavy atom. The second kappa shape index (κ2) is 9.79.